The van der Waals surface area contributed by atoms with Crippen LogP contribution in [0.2, 0.25) is 0 Å². The van der Waals surface area contributed by atoms with Crippen molar-refractivity contribution in [3.8, 4) is 5.69 Å². The van der Waals surface area contributed by atoms with E-state index in [1.807, 2.05) is 22.7 Å². The topological polar surface area (TPSA) is 12.6 Å². The third-order valence-electron chi connectivity index (χ3n) is 14.7. The zero-order valence-corrected chi connectivity index (χ0v) is 39.4. The van der Waals surface area contributed by atoms with E-state index in [9.17, 15) is 0 Å². The van der Waals surface area contributed by atoms with Gasteiger partial charge in [-0.1, -0.05) is 118 Å². The van der Waals surface area contributed by atoms with Gasteiger partial charge in [0.05, 0.1) is 22.4 Å². The lowest BCUT2D eigenvalue weighted by atomic mass is 9.33. The molecule has 0 amide bonds. The molecule has 0 bridgehead atoms. The predicted octanol–water partition coefficient (Wildman–Crippen LogP) is 14.9. The van der Waals surface area contributed by atoms with E-state index in [1.165, 1.54) is 152 Å². The van der Waals surface area contributed by atoms with Crippen LogP contribution in [0, 0.1) is 0 Å². The quantitative estimate of drug-likeness (QED) is 0.110. The molecule has 2 aliphatic rings. The number of benzene rings is 5. The van der Waals surface area contributed by atoms with Crippen LogP contribution in [0.1, 0.15) is 123 Å². The maximum atomic E-state index is 2.75. The van der Waals surface area contributed by atoms with Gasteiger partial charge >= 0.3 is 0 Å². The summed E-state index contributed by atoms with van der Waals surface area (Å²) < 4.78 is 5.38. The molecule has 0 saturated carbocycles. The highest BCUT2D eigenvalue weighted by atomic mass is 32.1. The van der Waals surface area contributed by atoms with Gasteiger partial charge in [0.2, 0.25) is 0 Å². The molecule has 5 aromatic carbocycles. The Morgan fingerprint density at radius 2 is 1.34 bits per heavy atom. The molecule has 1 atom stereocenters. The number of aryl methyl sites for hydroxylation is 1. The molecule has 0 aliphatic carbocycles. The molecule has 6 heteroatoms. The number of anilines is 3. The summed E-state index contributed by atoms with van der Waals surface area (Å²) in [5, 5.41) is 12.9. The summed E-state index contributed by atoms with van der Waals surface area (Å²) in [6, 6.07) is 34.6. The third-order valence-corrected chi connectivity index (χ3v) is 16.5. The predicted molar refractivity (Wildman–Crippen MR) is 274 cm³/mol. The molecule has 12 rings (SSSR count). The number of aromatic nitrogens is 2. The second-order valence-electron chi connectivity index (χ2n) is 20.8. The van der Waals surface area contributed by atoms with Gasteiger partial charge < -0.3 is 9.47 Å². The Kier molecular flexibility index (Phi) is 8.40. The smallest absolute Gasteiger partial charge is 0.252 e. The lowest BCUT2D eigenvalue weighted by Crippen LogP contribution is -2.60. The van der Waals surface area contributed by atoms with Crippen molar-refractivity contribution in [3.05, 3.63) is 118 Å². The van der Waals surface area contributed by atoms with Crippen LogP contribution in [0.5, 0.6) is 0 Å². The summed E-state index contributed by atoms with van der Waals surface area (Å²) in [7, 11) is 0. The van der Waals surface area contributed by atoms with Crippen molar-refractivity contribution >= 4 is 121 Å². The van der Waals surface area contributed by atoms with Crippen molar-refractivity contribution in [3.63, 3.8) is 0 Å². The number of thiophene rings is 2. The van der Waals surface area contributed by atoms with E-state index in [2.05, 4.69) is 172 Å². The van der Waals surface area contributed by atoms with Crippen molar-refractivity contribution in [1.82, 2.24) is 8.97 Å². The van der Waals surface area contributed by atoms with Crippen LogP contribution < -0.4 is 21.3 Å². The van der Waals surface area contributed by atoms with Gasteiger partial charge in [0.15, 0.2) is 0 Å². The van der Waals surface area contributed by atoms with Gasteiger partial charge in [0.25, 0.3) is 6.71 Å². The normalized spacial score (nSPS) is 14.5. The lowest BCUT2D eigenvalue weighted by molar-refractivity contribution is 0.590. The minimum Gasteiger partial charge on any atom is -0.311 e. The van der Waals surface area contributed by atoms with E-state index in [0.29, 0.717) is 5.92 Å². The Bertz CT molecular complexity index is 3430. The fourth-order valence-electron chi connectivity index (χ4n) is 11.6. The van der Waals surface area contributed by atoms with Gasteiger partial charge in [-0.15, -0.1) is 22.7 Å². The number of hydrogen-bond donors (Lipinski definition) is 0. The molecule has 3 nitrogen and oxygen atoms in total. The highest BCUT2D eigenvalue weighted by molar-refractivity contribution is 7.19. The molecule has 2 aliphatic heterocycles. The van der Waals surface area contributed by atoms with Crippen LogP contribution >= 0.6 is 22.7 Å². The minimum atomic E-state index is -0.0284. The van der Waals surface area contributed by atoms with Crippen LogP contribution in [0.25, 0.3) is 64.2 Å². The fourth-order valence-corrected chi connectivity index (χ4v) is 13.5. The molecule has 0 saturated heterocycles. The summed E-state index contributed by atoms with van der Waals surface area (Å²) in [5.41, 5.74) is 19.4. The Labute approximate surface area is 374 Å². The molecule has 10 aromatic rings. The van der Waals surface area contributed by atoms with E-state index < -0.39 is 0 Å². The largest absolute Gasteiger partial charge is 0.311 e. The maximum Gasteiger partial charge on any atom is 0.252 e. The van der Waals surface area contributed by atoms with Crippen molar-refractivity contribution < 1.29 is 0 Å². The standard InChI is InChI=1S/C56H56BN3S2/c1-10-12-13-15-33-16-22-45-42(28-33)57-43-31-36(56(7,8)9)30-41-40-29-34(32(3)14-11-2)17-23-44(40)59(49(41)43)52-47-39-25-27-62-54(39)60-50(47)46(38-24-26-61-53(38)60)51(48(52)57)58(45)37-20-18-35(19-21-37)55(4,5)6/h16-32H,10-15H2,1-9H3. The second kappa shape index (κ2) is 13.5. The van der Waals surface area contributed by atoms with E-state index in [0.717, 1.165) is 6.42 Å². The maximum absolute atomic E-state index is 2.75. The van der Waals surface area contributed by atoms with Gasteiger partial charge in [-0.25, -0.2) is 0 Å². The summed E-state index contributed by atoms with van der Waals surface area (Å²) in [5.74, 6) is 0.505. The van der Waals surface area contributed by atoms with Gasteiger partial charge in [-0.3, -0.25) is 4.40 Å². The highest BCUT2D eigenvalue weighted by Crippen LogP contribution is 2.53. The summed E-state index contributed by atoms with van der Waals surface area (Å²) in [6.45, 7) is 21.3. The number of hydrogen-bond acceptors (Lipinski definition) is 3. The van der Waals surface area contributed by atoms with Crippen LogP contribution in [0.15, 0.2) is 95.7 Å². The Hall–Kier alpha value is -5.04. The Balaban J connectivity index is 1.31. The molecule has 0 N–H and O–H groups in total. The summed E-state index contributed by atoms with van der Waals surface area (Å²) in [4.78, 5) is 5.39. The number of unbranched alkanes of at least 4 members (excludes halogenated alkanes) is 2. The second-order valence-corrected chi connectivity index (χ2v) is 22.5. The zero-order chi connectivity index (χ0) is 42.6. The highest BCUT2D eigenvalue weighted by Gasteiger charge is 2.46. The molecule has 0 fully saturated rings. The molecule has 5 aromatic heterocycles. The summed E-state index contributed by atoms with van der Waals surface area (Å²) in [6.07, 6.45) is 7.18. The average Bonchev–Trinajstić information content (AvgIpc) is 4.08. The molecule has 7 heterocycles. The van der Waals surface area contributed by atoms with E-state index in [4.69, 9.17) is 0 Å². The van der Waals surface area contributed by atoms with Crippen molar-refractivity contribution in [2.45, 2.75) is 118 Å². The minimum absolute atomic E-state index is 0.0284. The van der Waals surface area contributed by atoms with E-state index in [1.54, 1.807) is 0 Å². The first-order valence-electron chi connectivity index (χ1n) is 23.2. The van der Waals surface area contributed by atoms with Crippen molar-refractivity contribution in [1.29, 1.82) is 0 Å². The SMILES string of the molecule is CCCCCc1ccc2c(c1)B1c3c(c4c5ccsc5n5c6sccc6c(c3-n3c6ccc(C(C)CCC)cc6c6cc(C(C)(C)C)cc1c63)c45)N2c1ccc(C(C)(C)C)cc1. The Morgan fingerprint density at radius 3 is 2.02 bits per heavy atom. The molecular formula is C56H56BN3S2. The van der Waals surface area contributed by atoms with Crippen LogP contribution in [0.4, 0.5) is 17.1 Å². The zero-order valence-electron chi connectivity index (χ0n) is 37.8. The van der Waals surface area contributed by atoms with Gasteiger partial charge in [-0.05, 0) is 134 Å². The first kappa shape index (κ1) is 38.6. The van der Waals surface area contributed by atoms with Crippen molar-refractivity contribution in [2.75, 3.05) is 4.90 Å². The van der Waals surface area contributed by atoms with Crippen LogP contribution in [-0.4, -0.2) is 15.7 Å². The number of nitrogens with zero attached hydrogens (tertiary/aromatic N) is 3. The molecule has 62 heavy (non-hydrogen) atoms. The number of rotatable bonds is 8. The fraction of sp³-hybridized carbons (Fsp3) is 0.321. The first-order chi connectivity index (χ1) is 29.9. The van der Waals surface area contributed by atoms with Gasteiger partial charge in [0, 0.05) is 49.2 Å². The molecule has 0 radical (unpaired) electrons. The molecule has 310 valence electrons. The molecular weight excluding hydrogens is 790 g/mol. The van der Waals surface area contributed by atoms with E-state index >= 15 is 0 Å². The Morgan fingerprint density at radius 1 is 0.629 bits per heavy atom. The van der Waals surface area contributed by atoms with Gasteiger partial charge in [0.1, 0.15) is 9.66 Å². The van der Waals surface area contributed by atoms with Crippen molar-refractivity contribution in [2.24, 2.45) is 0 Å². The third kappa shape index (κ3) is 5.23. The summed E-state index contributed by atoms with van der Waals surface area (Å²) >= 11 is 3.78. The van der Waals surface area contributed by atoms with E-state index in [-0.39, 0.29) is 17.5 Å². The lowest BCUT2D eigenvalue weighted by Gasteiger charge is -2.41. The number of fused-ring (bicyclic) bond motifs is 15. The molecule has 0 spiro atoms. The average molecular weight is 846 g/mol. The molecule has 1 unspecified atom stereocenters. The van der Waals surface area contributed by atoms with Crippen LogP contribution in [-0.2, 0) is 17.3 Å². The van der Waals surface area contributed by atoms with Gasteiger partial charge in [-0.2, -0.15) is 0 Å². The monoisotopic (exact) mass is 845 g/mol. The first-order valence-corrected chi connectivity index (χ1v) is 25.0. The van der Waals surface area contributed by atoms with Crippen LogP contribution in [0.3, 0.4) is 0 Å².